The monoisotopic (exact) mass is 312 g/mol. The predicted octanol–water partition coefficient (Wildman–Crippen LogP) is 3.02. The molecule has 1 aromatic carbocycles. The first-order valence-corrected chi connectivity index (χ1v) is 8.73. The Balaban J connectivity index is 3.16. The third-order valence-electron chi connectivity index (χ3n) is 4.07. The van der Waals surface area contributed by atoms with Crippen molar-refractivity contribution >= 4 is 15.8 Å². The highest BCUT2D eigenvalue weighted by Gasteiger charge is 2.41. The number of carboxylic acid groups (broad SMARTS) is 1. The summed E-state index contributed by atoms with van der Waals surface area (Å²) in [6.07, 6.45) is 0.439. The van der Waals surface area contributed by atoms with Crippen molar-refractivity contribution in [1.82, 2.24) is 0 Å². The second kappa shape index (κ2) is 6.18. The van der Waals surface area contributed by atoms with E-state index in [9.17, 15) is 18.3 Å². The second-order valence-corrected chi connectivity index (χ2v) is 9.15. The van der Waals surface area contributed by atoms with E-state index in [1.165, 1.54) is 0 Å². The van der Waals surface area contributed by atoms with E-state index in [-0.39, 0.29) is 12.2 Å². The SMILES string of the molecule is CCC(CCS(=O)(=O)C(C)(C)C)(C(=O)O)c1ccccc1. The highest BCUT2D eigenvalue weighted by atomic mass is 32.2. The first-order chi connectivity index (χ1) is 9.57. The van der Waals surface area contributed by atoms with Crippen LogP contribution in [-0.4, -0.2) is 30.0 Å². The highest BCUT2D eigenvalue weighted by molar-refractivity contribution is 7.92. The summed E-state index contributed by atoms with van der Waals surface area (Å²) in [7, 11) is -3.35. The Morgan fingerprint density at radius 1 is 1.14 bits per heavy atom. The fraction of sp³-hybridized carbons (Fsp3) is 0.562. The maximum absolute atomic E-state index is 12.3. The van der Waals surface area contributed by atoms with Gasteiger partial charge in [-0.25, -0.2) is 8.42 Å². The molecule has 1 atom stereocenters. The Kier molecular flexibility index (Phi) is 5.20. The summed E-state index contributed by atoms with van der Waals surface area (Å²) in [4.78, 5) is 11.8. The lowest BCUT2D eigenvalue weighted by atomic mass is 9.76. The molecule has 1 rings (SSSR count). The van der Waals surface area contributed by atoms with E-state index in [0.29, 0.717) is 12.0 Å². The van der Waals surface area contributed by atoms with Gasteiger partial charge in [0.05, 0.1) is 15.9 Å². The molecule has 21 heavy (non-hydrogen) atoms. The number of rotatable bonds is 6. The number of hydrogen-bond acceptors (Lipinski definition) is 3. The zero-order chi connectivity index (χ0) is 16.3. The van der Waals surface area contributed by atoms with Crippen LogP contribution in [0.2, 0.25) is 0 Å². The maximum atomic E-state index is 12.3. The first-order valence-electron chi connectivity index (χ1n) is 7.08. The van der Waals surface area contributed by atoms with Gasteiger partial charge in [-0.2, -0.15) is 0 Å². The molecule has 0 spiro atoms. The Hall–Kier alpha value is -1.36. The normalized spacial score (nSPS) is 15.4. The van der Waals surface area contributed by atoms with Gasteiger partial charge in [-0.1, -0.05) is 37.3 Å². The Labute approximate surface area is 127 Å². The lowest BCUT2D eigenvalue weighted by Gasteiger charge is -2.30. The molecule has 0 aromatic heterocycles. The van der Waals surface area contributed by atoms with Crippen LogP contribution in [0.1, 0.15) is 46.1 Å². The van der Waals surface area contributed by atoms with Crippen molar-refractivity contribution in [1.29, 1.82) is 0 Å². The van der Waals surface area contributed by atoms with Crippen molar-refractivity contribution in [2.24, 2.45) is 0 Å². The fourth-order valence-electron chi connectivity index (χ4n) is 2.28. The van der Waals surface area contributed by atoms with Gasteiger partial charge in [-0.3, -0.25) is 4.79 Å². The molecule has 0 saturated carbocycles. The number of sulfone groups is 1. The van der Waals surface area contributed by atoms with Gasteiger partial charge in [0.1, 0.15) is 0 Å². The second-order valence-electron chi connectivity index (χ2n) is 6.29. The zero-order valence-electron chi connectivity index (χ0n) is 13.1. The van der Waals surface area contributed by atoms with Crippen molar-refractivity contribution in [3.05, 3.63) is 35.9 Å². The molecule has 0 amide bonds. The van der Waals surface area contributed by atoms with E-state index in [0.717, 1.165) is 0 Å². The van der Waals surface area contributed by atoms with Crippen LogP contribution in [0.4, 0.5) is 0 Å². The van der Waals surface area contributed by atoms with Crippen LogP contribution < -0.4 is 0 Å². The summed E-state index contributed by atoms with van der Waals surface area (Å²) in [5, 5.41) is 9.68. The minimum Gasteiger partial charge on any atom is -0.481 e. The summed E-state index contributed by atoms with van der Waals surface area (Å²) in [6, 6.07) is 8.88. The van der Waals surface area contributed by atoms with Gasteiger partial charge in [-0.05, 0) is 39.2 Å². The van der Waals surface area contributed by atoms with Gasteiger partial charge in [0, 0.05) is 0 Å². The van der Waals surface area contributed by atoms with Gasteiger partial charge in [-0.15, -0.1) is 0 Å². The van der Waals surface area contributed by atoms with Gasteiger partial charge in [0.15, 0.2) is 9.84 Å². The standard InChI is InChI=1S/C16H24O4S/c1-5-16(14(17)18,13-9-7-6-8-10-13)11-12-21(19,20)15(2,3)4/h6-10H,5,11-12H2,1-4H3,(H,17,18). The Morgan fingerprint density at radius 3 is 2.05 bits per heavy atom. The molecule has 4 nitrogen and oxygen atoms in total. The molecule has 0 radical (unpaired) electrons. The molecule has 1 N–H and O–H groups in total. The van der Waals surface area contributed by atoms with E-state index in [1.807, 2.05) is 6.07 Å². The number of benzene rings is 1. The van der Waals surface area contributed by atoms with Gasteiger partial charge in [0.2, 0.25) is 0 Å². The number of aliphatic carboxylic acids is 1. The van der Waals surface area contributed by atoms with Crippen LogP contribution in [0.15, 0.2) is 30.3 Å². The molecule has 0 fully saturated rings. The Bertz CT molecular complexity index is 584. The summed E-state index contributed by atoms with van der Waals surface area (Å²) in [5.74, 6) is -1.11. The molecular weight excluding hydrogens is 288 g/mol. The van der Waals surface area contributed by atoms with Crippen molar-refractivity contribution in [2.45, 2.75) is 50.7 Å². The average molecular weight is 312 g/mol. The Morgan fingerprint density at radius 2 is 1.67 bits per heavy atom. The quantitative estimate of drug-likeness (QED) is 0.876. The predicted molar refractivity (Wildman–Crippen MR) is 84.2 cm³/mol. The zero-order valence-corrected chi connectivity index (χ0v) is 13.9. The molecule has 0 aliphatic heterocycles. The molecular formula is C16H24O4S. The minimum atomic E-state index is -3.35. The van der Waals surface area contributed by atoms with E-state index in [2.05, 4.69) is 0 Å². The van der Waals surface area contributed by atoms with Gasteiger partial charge < -0.3 is 5.11 Å². The summed E-state index contributed by atoms with van der Waals surface area (Å²) in [5.41, 5.74) is -0.497. The van der Waals surface area contributed by atoms with Crippen LogP contribution in [0.25, 0.3) is 0 Å². The third kappa shape index (κ3) is 3.64. The van der Waals surface area contributed by atoms with E-state index >= 15 is 0 Å². The van der Waals surface area contributed by atoms with Crippen LogP contribution in [0.5, 0.6) is 0 Å². The molecule has 0 saturated heterocycles. The van der Waals surface area contributed by atoms with Crippen LogP contribution in [0.3, 0.4) is 0 Å². The van der Waals surface area contributed by atoms with Gasteiger partial charge in [0.25, 0.3) is 0 Å². The highest BCUT2D eigenvalue weighted by Crippen LogP contribution is 2.34. The van der Waals surface area contributed by atoms with Crippen molar-refractivity contribution in [3.8, 4) is 0 Å². The average Bonchev–Trinajstić information content (AvgIpc) is 2.39. The maximum Gasteiger partial charge on any atom is 0.314 e. The fourth-order valence-corrected chi connectivity index (χ4v) is 3.51. The minimum absolute atomic E-state index is 0.0858. The largest absolute Gasteiger partial charge is 0.481 e. The summed E-state index contributed by atoms with van der Waals surface area (Å²) < 4.78 is 23.7. The van der Waals surface area contributed by atoms with Crippen molar-refractivity contribution < 1.29 is 18.3 Å². The molecule has 0 aliphatic carbocycles. The van der Waals surface area contributed by atoms with E-state index in [1.54, 1.807) is 52.0 Å². The molecule has 0 heterocycles. The molecule has 118 valence electrons. The van der Waals surface area contributed by atoms with E-state index in [4.69, 9.17) is 0 Å². The summed E-state index contributed by atoms with van der Waals surface area (Å²) >= 11 is 0. The van der Waals surface area contributed by atoms with Crippen molar-refractivity contribution in [3.63, 3.8) is 0 Å². The van der Waals surface area contributed by atoms with Gasteiger partial charge >= 0.3 is 5.97 Å². The number of carbonyl (C=O) groups is 1. The molecule has 1 unspecified atom stereocenters. The van der Waals surface area contributed by atoms with Crippen LogP contribution >= 0.6 is 0 Å². The lowest BCUT2D eigenvalue weighted by Crippen LogP contribution is -2.39. The topological polar surface area (TPSA) is 71.4 Å². The van der Waals surface area contributed by atoms with Crippen LogP contribution in [0, 0.1) is 0 Å². The van der Waals surface area contributed by atoms with E-state index < -0.39 is 26.0 Å². The number of carboxylic acids is 1. The first kappa shape index (κ1) is 17.7. The lowest BCUT2D eigenvalue weighted by molar-refractivity contribution is -0.144. The molecule has 0 bridgehead atoms. The third-order valence-corrected chi connectivity index (χ3v) is 6.68. The smallest absolute Gasteiger partial charge is 0.314 e. The summed E-state index contributed by atoms with van der Waals surface area (Å²) in [6.45, 7) is 6.70. The number of hydrogen-bond donors (Lipinski definition) is 1. The molecule has 1 aromatic rings. The van der Waals surface area contributed by atoms with Crippen LogP contribution in [-0.2, 0) is 20.0 Å². The van der Waals surface area contributed by atoms with Crippen molar-refractivity contribution in [2.75, 3.05) is 5.75 Å². The molecule has 0 aliphatic rings. The molecule has 5 heteroatoms.